The summed E-state index contributed by atoms with van der Waals surface area (Å²) in [6.45, 7) is 1.09. The number of ether oxygens (including phenoxy) is 1. The highest BCUT2D eigenvalue weighted by Gasteiger charge is 2.19. The van der Waals surface area contributed by atoms with E-state index in [2.05, 4.69) is 5.32 Å². The number of nitrogens with one attached hydrogen (secondary N) is 1. The van der Waals surface area contributed by atoms with Crippen LogP contribution in [0.25, 0.3) is 0 Å². The molecule has 1 aromatic rings. The van der Waals surface area contributed by atoms with Gasteiger partial charge in [0.25, 0.3) is 0 Å². The monoisotopic (exact) mass is 277 g/mol. The van der Waals surface area contributed by atoms with Crippen molar-refractivity contribution in [3.8, 4) is 0 Å². The van der Waals surface area contributed by atoms with Crippen molar-refractivity contribution in [2.45, 2.75) is 38.3 Å². The molecule has 0 saturated carbocycles. The summed E-state index contributed by atoms with van der Waals surface area (Å²) in [4.78, 5) is 22.6. The lowest BCUT2D eigenvalue weighted by Gasteiger charge is -2.11. The summed E-state index contributed by atoms with van der Waals surface area (Å²) >= 11 is 0. The van der Waals surface area contributed by atoms with E-state index < -0.39 is 5.97 Å². The Kier molecular flexibility index (Phi) is 5.12. The van der Waals surface area contributed by atoms with Gasteiger partial charge in [-0.2, -0.15) is 0 Å². The van der Waals surface area contributed by atoms with Crippen LogP contribution in [0.15, 0.2) is 24.3 Å². The Morgan fingerprint density at radius 3 is 2.70 bits per heavy atom. The van der Waals surface area contributed by atoms with Gasteiger partial charge in [-0.3, -0.25) is 9.59 Å². The van der Waals surface area contributed by atoms with Gasteiger partial charge in [0, 0.05) is 13.2 Å². The maximum Gasteiger partial charge on any atom is 0.307 e. The van der Waals surface area contributed by atoms with Crippen molar-refractivity contribution >= 4 is 11.9 Å². The number of rotatable bonds is 6. The number of carbonyl (C=O) groups excluding carboxylic acids is 1. The molecule has 1 aliphatic rings. The Bertz CT molecular complexity index is 481. The molecule has 1 atom stereocenters. The van der Waals surface area contributed by atoms with Gasteiger partial charge < -0.3 is 15.2 Å². The van der Waals surface area contributed by atoms with Crippen molar-refractivity contribution in [2.75, 3.05) is 6.61 Å². The number of hydrogen-bond acceptors (Lipinski definition) is 3. The van der Waals surface area contributed by atoms with Gasteiger partial charge in [-0.25, -0.2) is 0 Å². The maximum atomic E-state index is 11.8. The molecule has 1 saturated heterocycles. The SMILES string of the molecule is O=C(O)Cc1ccccc1CNC(=O)CC1CCCO1. The molecule has 108 valence electrons. The zero-order chi connectivity index (χ0) is 14.4. The molecule has 5 heteroatoms. The van der Waals surface area contributed by atoms with Crippen molar-refractivity contribution in [3.05, 3.63) is 35.4 Å². The highest BCUT2D eigenvalue weighted by atomic mass is 16.5. The van der Waals surface area contributed by atoms with Gasteiger partial charge >= 0.3 is 5.97 Å². The van der Waals surface area contributed by atoms with Crippen LogP contribution in [0.3, 0.4) is 0 Å². The summed E-state index contributed by atoms with van der Waals surface area (Å²) in [5.41, 5.74) is 1.58. The van der Waals surface area contributed by atoms with Crippen LogP contribution in [-0.2, 0) is 27.3 Å². The normalized spacial score (nSPS) is 17.9. The zero-order valence-electron chi connectivity index (χ0n) is 11.3. The molecular weight excluding hydrogens is 258 g/mol. The molecule has 1 aromatic carbocycles. The summed E-state index contributed by atoms with van der Waals surface area (Å²) < 4.78 is 5.41. The number of carboxylic acids is 1. The quantitative estimate of drug-likeness (QED) is 0.826. The van der Waals surface area contributed by atoms with Crippen LogP contribution >= 0.6 is 0 Å². The van der Waals surface area contributed by atoms with E-state index >= 15 is 0 Å². The van der Waals surface area contributed by atoms with Crippen molar-refractivity contribution < 1.29 is 19.4 Å². The Hall–Kier alpha value is -1.88. The molecule has 1 unspecified atom stereocenters. The lowest BCUT2D eigenvalue weighted by atomic mass is 10.0. The third kappa shape index (κ3) is 4.35. The van der Waals surface area contributed by atoms with Crippen molar-refractivity contribution in [3.63, 3.8) is 0 Å². The van der Waals surface area contributed by atoms with Gasteiger partial charge in [0.15, 0.2) is 0 Å². The number of aliphatic carboxylic acids is 1. The van der Waals surface area contributed by atoms with Crippen LogP contribution < -0.4 is 5.32 Å². The van der Waals surface area contributed by atoms with E-state index in [0.29, 0.717) is 13.0 Å². The second-order valence-corrected chi connectivity index (χ2v) is 4.96. The molecule has 1 fully saturated rings. The standard InChI is InChI=1S/C15H19NO4/c17-14(9-13-6-3-7-20-13)16-10-12-5-2-1-4-11(12)8-15(18)19/h1-2,4-5,13H,3,6-10H2,(H,16,17)(H,18,19). The fraction of sp³-hybridized carbons (Fsp3) is 0.467. The minimum Gasteiger partial charge on any atom is -0.481 e. The first-order valence-electron chi connectivity index (χ1n) is 6.82. The largest absolute Gasteiger partial charge is 0.481 e. The van der Waals surface area contributed by atoms with E-state index in [4.69, 9.17) is 9.84 Å². The average Bonchev–Trinajstić information content (AvgIpc) is 2.90. The highest BCUT2D eigenvalue weighted by molar-refractivity contribution is 5.76. The van der Waals surface area contributed by atoms with E-state index in [0.717, 1.165) is 30.6 Å². The minimum absolute atomic E-state index is 0.0300. The van der Waals surface area contributed by atoms with Gasteiger partial charge in [-0.1, -0.05) is 24.3 Å². The van der Waals surface area contributed by atoms with E-state index in [9.17, 15) is 9.59 Å². The molecule has 20 heavy (non-hydrogen) atoms. The number of amides is 1. The average molecular weight is 277 g/mol. The van der Waals surface area contributed by atoms with Crippen LogP contribution in [0.1, 0.15) is 30.4 Å². The Balaban J connectivity index is 1.86. The Morgan fingerprint density at radius 1 is 1.30 bits per heavy atom. The molecule has 1 amide bonds. The first-order chi connectivity index (χ1) is 9.65. The van der Waals surface area contributed by atoms with E-state index in [1.54, 1.807) is 12.1 Å². The number of hydrogen-bond donors (Lipinski definition) is 2. The first kappa shape index (κ1) is 14.5. The summed E-state index contributed by atoms with van der Waals surface area (Å²) in [6, 6.07) is 7.25. The summed E-state index contributed by atoms with van der Waals surface area (Å²) in [5, 5.41) is 11.7. The first-order valence-corrected chi connectivity index (χ1v) is 6.82. The molecule has 1 heterocycles. The molecule has 0 spiro atoms. The number of carboxylic acid groups (broad SMARTS) is 1. The Labute approximate surface area is 117 Å². The van der Waals surface area contributed by atoms with Crippen LogP contribution in [0.4, 0.5) is 0 Å². The summed E-state index contributed by atoms with van der Waals surface area (Å²) in [5.74, 6) is -0.926. The molecular formula is C15H19NO4. The zero-order valence-corrected chi connectivity index (χ0v) is 11.3. The second-order valence-electron chi connectivity index (χ2n) is 4.96. The minimum atomic E-state index is -0.872. The lowest BCUT2D eigenvalue weighted by Crippen LogP contribution is -2.27. The van der Waals surface area contributed by atoms with Gasteiger partial charge in [-0.15, -0.1) is 0 Å². The summed E-state index contributed by atoms with van der Waals surface area (Å²) in [6.07, 6.45) is 2.32. The predicted octanol–water partition coefficient (Wildman–Crippen LogP) is 1.50. The third-order valence-corrected chi connectivity index (χ3v) is 3.37. The fourth-order valence-electron chi connectivity index (χ4n) is 2.34. The topological polar surface area (TPSA) is 75.6 Å². The Morgan fingerprint density at radius 2 is 2.05 bits per heavy atom. The third-order valence-electron chi connectivity index (χ3n) is 3.37. The molecule has 5 nitrogen and oxygen atoms in total. The molecule has 0 bridgehead atoms. The van der Waals surface area contributed by atoms with Gasteiger partial charge in [0.2, 0.25) is 5.91 Å². The van der Waals surface area contributed by atoms with Gasteiger partial charge in [0.1, 0.15) is 0 Å². The van der Waals surface area contributed by atoms with Gasteiger partial charge in [0.05, 0.1) is 18.9 Å². The van der Waals surface area contributed by atoms with Crippen molar-refractivity contribution in [2.24, 2.45) is 0 Å². The molecule has 2 N–H and O–H groups in total. The fourth-order valence-corrected chi connectivity index (χ4v) is 2.34. The maximum absolute atomic E-state index is 11.8. The summed E-state index contributed by atoms with van der Waals surface area (Å²) in [7, 11) is 0. The smallest absolute Gasteiger partial charge is 0.307 e. The molecule has 0 radical (unpaired) electrons. The van der Waals surface area contributed by atoms with Crippen LogP contribution in [0.2, 0.25) is 0 Å². The predicted molar refractivity (Wildman–Crippen MR) is 73.2 cm³/mol. The van der Waals surface area contributed by atoms with Crippen molar-refractivity contribution in [1.29, 1.82) is 0 Å². The molecule has 1 aliphatic heterocycles. The second kappa shape index (κ2) is 7.05. The van der Waals surface area contributed by atoms with Crippen LogP contribution in [0, 0.1) is 0 Å². The number of carbonyl (C=O) groups is 2. The number of benzene rings is 1. The molecule has 0 aliphatic carbocycles. The van der Waals surface area contributed by atoms with Crippen LogP contribution in [-0.4, -0.2) is 29.7 Å². The van der Waals surface area contributed by atoms with Crippen molar-refractivity contribution in [1.82, 2.24) is 5.32 Å². The van der Waals surface area contributed by atoms with Gasteiger partial charge in [-0.05, 0) is 24.0 Å². The van der Waals surface area contributed by atoms with Crippen LogP contribution in [0.5, 0.6) is 0 Å². The van der Waals surface area contributed by atoms with E-state index in [-0.39, 0.29) is 18.4 Å². The highest BCUT2D eigenvalue weighted by Crippen LogP contribution is 2.15. The van der Waals surface area contributed by atoms with E-state index in [1.165, 1.54) is 0 Å². The molecule has 2 rings (SSSR count). The lowest BCUT2D eigenvalue weighted by molar-refractivity contribution is -0.136. The van der Waals surface area contributed by atoms with E-state index in [1.807, 2.05) is 12.1 Å². The molecule has 0 aromatic heterocycles.